The van der Waals surface area contributed by atoms with E-state index in [9.17, 15) is 9.90 Å². The molecule has 0 saturated heterocycles. The summed E-state index contributed by atoms with van der Waals surface area (Å²) in [4.78, 5) is 14.4. The van der Waals surface area contributed by atoms with Crippen LogP contribution in [0, 0.1) is 0 Å². The van der Waals surface area contributed by atoms with Gasteiger partial charge in [0, 0.05) is 23.0 Å². The lowest BCUT2D eigenvalue weighted by molar-refractivity contribution is 0.0697. The summed E-state index contributed by atoms with van der Waals surface area (Å²) in [5, 5.41) is 14.6. The Labute approximate surface area is 113 Å². The van der Waals surface area contributed by atoms with Crippen molar-refractivity contribution in [3.05, 3.63) is 41.0 Å². The summed E-state index contributed by atoms with van der Waals surface area (Å²) in [6, 6.07) is 7.36. The molecule has 0 amide bonds. The number of carboxylic acids is 1. The highest BCUT2D eigenvalue weighted by molar-refractivity contribution is 6.35. The van der Waals surface area contributed by atoms with Crippen LogP contribution in [0.5, 0.6) is 0 Å². The second-order valence-corrected chi connectivity index (χ2v) is 4.63. The zero-order chi connectivity index (χ0) is 13.6. The molecule has 0 fully saturated rings. The average molecular weight is 276 g/mol. The van der Waals surface area contributed by atoms with Crippen molar-refractivity contribution in [2.75, 3.05) is 0 Å². The topological polar surface area (TPSA) is 70.9 Å². The van der Waals surface area contributed by atoms with Gasteiger partial charge in [-0.15, -0.1) is 0 Å². The molecule has 1 aromatic carbocycles. The van der Waals surface area contributed by atoms with E-state index in [0.29, 0.717) is 16.4 Å². The van der Waals surface area contributed by atoms with Crippen LogP contribution < -0.4 is 0 Å². The summed E-state index contributed by atoms with van der Waals surface area (Å²) < 4.78 is 1.53. The molecule has 0 aliphatic heterocycles. The summed E-state index contributed by atoms with van der Waals surface area (Å²) in [6.07, 6.45) is 1.34. The molecule has 0 radical (unpaired) electrons. The van der Waals surface area contributed by atoms with Crippen LogP contribution in [0.25, 0.3) is 22.3 Å². The van der Waals surface area contributed by atoms with Crippen LogP contribution in [0.1, 0.15) is 10.4 Å². The van der Waals surface area contributed by atoms with Crippen LogP contribution in [0.3, 0.4) is 0 Å². The Balaban J connectivity index is 2.28. The highest BCUT2D eigenvalue weighted by Gasteiger charge is 2.18. The standard InChI is InChI=1S/C13H10ClN3O2/c1-17-12(8(6-15-17)13(18)19)11-5-7-9(14)3-2-4-10(7)16-11/h2-6,16H,1H3,(H,18,19). The second kappa shape index (κ2) is 4.13. The number of aromatic carboxylic acids is 1. The molecule has 3 aromatic rings. The maximum Gasteiger partial charge on any atom is 0.339 e. The number of aryl methyl sites for hydroxylation is 1. The van der Waals surface area contributed by atoms with E-state index in [2.05, 4.69) is 10.1 Å². The highest BCUT2D eigenvalue weighted by atomic mass is 35.5. The maximum absolute atomic E-state index is 11.2. The largest absolute Gasteiger partial charge is 0.478 e. The molecule has 0 aliphatic carbocycles. The number of carboxylic acid groups (broad SMARTS) is 1. The minimum Gasteiger partial charge on any atom is -0.478 e. The van der Waals surface area contributed by atoms with E-state index in [-0.39, 0.29) is 5.56 Å². The van der Waals surface area contributed by atoms with E-state index in [1.165, 1.54) is 10.9 Å². The predicted octanol–water partition coefficient (Wildman–Crippen LogP) is 2.92. The van der Waals surface area contributed by atoms with Crippen LogP contribution in [0.15, 0.2) is 30.5 Å². The first kappa shape index (κ1) is 11.8. The Morgan fingerprint density at radius 1 is 1.47 bits per heavy atom. The van der Waals surface area contributed by atoms with Crippen LogP contribution >= 0.6 is 11.6 Å². The first-order valence-corrected chi connectivity index (χ1v) is 5.98. The van der Waals surface area contributed by atoms with Gasteiger partial charge in [0.2, 0.25) is 0 Å². The minimum atomic E-state index is -1.01. The van der Waals surface area contributed by atoms with E-state index in [1.54, 1.807) is 13.1 Å². The molecule has 0 atom stereocenters. The first-order valence-electron chi connectivity index (χ1n) is 5.61. The van der Waals surface area contributed by atoms with E-state index in [4.69, 9.17) is 11.6 Å². The first-order chi connectivity index (χ1) is 9.08. The Morgan fingerprint density at radius 2 is 2.26 bits per heavy atom. The lowest BCUT2D eigenvalue weighted by Crippen LogP contribution is -2.00. The molecule has 0 spiro atoms. The molecule has 0 bridgehead atoms. The van der Waals surface area contributed by atoms with Crippen LogP contribution in [-0.2, 0) is 7.05 Å². The molecule has 0 unspecified atom stereocenters. The number of benzene rings is 1. The van der Waals surface area contributed by atoms with Gasteiger partial charge in [-0.25, -0.2) is 4.79 Å². The van der Waals surface area contributed by atoms with Gasteiger partial charge in [0.25, 0.3) is 0 Å². The normalized spacial score (nSPS) is 11.1. The Bertz CT molecular complexity index is 788. The third-order valence-electron chi connectivity index (χ3n) is 3.04. The molecule has 19 heavy (non-hydrogen) atoms. The fourth-order valence-electron chi connectivity index (χ4n) is 2.16. The van der Waals surface area contributed by atoms with Crippen molar-refractivity contribution in [2.45, 2.75) is 0 Å². The van der Waals surface area contributed by atoms with Crippen molar-refractivity contribution in [3.8, 4) is 11.4 Å². The highest BCUT2D eigenvalue weighted by Crippen LogP contribution is 2.30. The summed E-state index contributed by atoms with van der Waals surface area (Å²) >= 11 is 6.12. The molecule has 0 aliphatic rings. The molecule has 6 heteroatoms. The number of carbonyl (C=O) groups is 1. The van der Waals surface area contributed by atoms with E-state index in [0.717, 1.165) is 10.9 Å². The smallest absolute Gasteiger partial charge is 0.339 e. The number of rotatable bonds is 2. The third kappa shape index (κ3) is 1.79. The molecule has 5 nitrogen and oxygen atoms in total. The van der Waals surface area contributed by atoms with Gasteiger partial charge < -0.3 is 10.1 Å². The van der Waals surface area contributed by atoms with Crippen molar-refractivity contribution in [1.29, 1.82) is 0 Å². The number of fused-ring (bicyclic) bond motifs is 1. The van der Waals surface area contributed by atoms with Crippen molar-refractivity contribution in [1.82, 2.24) is 14.8 Å². The van der Waals surface area contributed by atoms with Gasteiger partial charge in [-0.1, -0.05) is 17.7 Å². The van der Waals surface area contributed by atoms with Gasteiger partial charge in [0.1, 0.15) is 5.56 Å². The number of nitrogens with one attached hydrogen (secondary N) is 1. The van der Waals surface area contributed by atoms with Crippen LogP contribution in [-0.4, -0.2) is 25.8 Å². The Morgan fingerprint density at radius 3 is 2.95 bits per heavy atom. The predicted molar refractivity (Wildman–Crippen MR) is 72.5 cm³/mol. The van der Waals surface area contributed by atoms with E-state index in [1.807, 2.05) is 18.2 Å². The molecular weight excluding hydrogens is 266 g/mol. The van der Waals surface area contributed by atoms with Gasteiger partial charge in [-0.2, -0.15) is 5.10 Å². The lowest BCUT2D eigenvalue weighted by Gasteiger charge is -2.00. The number of halogens is 1. The number of aromatic amines is 1. The molecule has 0 saturated carbocycles. The van der Waals surface area contributed by atoms with Gasteiger partial charge >= 0.3 is 5.97 Å². The maximum atomic E-state index is 11.2. The van der Waals surface area contributed by atoms with Crippen molar-refractivity contribution in [2.24, 2.45) is 7.05 Å². The molecular formula is C13H10ClN3O2. The van der Waals surface area contributed by atoms with Gasteiger partial charge in [0.15, 0.2) is 0 Å². The van der Waals surface area contributed by atoms with E-state index < -0.39 is 5.97 Å². The van der Waals surface area contributed by atoms with E-state index >= 15 is 0 Å². The van der Waals surface area contributed by atoms with Gasteiger partial charge in [-0.05, 0) is 18.2 Å². The number of hydrogen-bond acceptors (Lipinski definition) is 2. The van der Waals surface area contributed by atoms with Crippen LogP contribution in [0.2, 0.25) is 5.02 Å². The third-order valence-corrected chi connectivity index (χ3v) is 3.36. The molecule has 2 N–H and O–H groups in total. The minimum absolute atomic E-state index is 0.158. The summed E-state index contributed by atoms with van der Waals surface area (Å²) in [5.41, 5.74) is 2.23. The molecule has 2 heterocycles. The quantitative estimate of drug-likeness (QED) is 0.755. The zero-order valence-electron chi connectivity index (χ0n) is 10.0. The number of hydrogen-bond donors (Lipinski definition) is 2. The van der Waals surface area contributed by atoms with Gasteiger partial charge in [0.05, 0.1) is 17.6 Å². The molecule has 96 valence electrons. The average Bonchev–Trinajstić information content (AvgIpc) is 2.92. The summed E-state index contributed by atoms with van der Waals surface area (Å²) in [5.74, 6) is -1.01. The van der Waals surface area contributed by atoms with Crippen LogP contribution in [0.4, 0.5) is 0 Å². The monoisotopic (exact) mass is 275 g/mol. The second-order valence-electron chi connectivity index (χ2n) is 4.22. The summed E-state index contributed by atoms with van der Waals surface area (Å²) in [6.45, 7) is 0. The van der Waals surface area contributed by atoms with Crippen molar-refractivity contribution in [3.63, 3.8) is 0 Å². The number of aromatic nitrogens is 3. The zero-order valence-corrected chi connectivity index (χ0v) is 10.8. The van der Waals surface area contributed by atoms with Crippen molar-refractivity contribution >= 4 is 28.5 Å². The van der Waals surface area contributed by atoms with Crippen molar-refractivity contribution < 1.29 is 9.90 Å². The Kier molecular flexibility index (Phi) is 2.57. The molecule has 3 rings (SSSR count). The lowest BCUT2D eigenvalue weighted by atomic mass is 10.2. The summed E-state index contributed by atoms with van der Waals surface area (Å²) in [7, 11) is 1.70. The molecule has 2 aromatic heterocycles. The number of nitrogens with zero attached hydrogens (tertiary/aromatic N) is 2. The fourth-order valence-corrected chi connectivity index (χ4v) is 2.39. The van der Waals surface area contributed by atoms with Gasteiger partial charge in [-0.3, -0.25) is 4.68 Å². The SMILES string of the molecule is Cn1ncc(C(=O)O)c1-c1cc2c(Cl)cccc2[nH]1. The fraction of sp³-hybridized carbons (Fsp3) is 0.0769. The Hall–Kier alpha value is -2.27. The number of H-pyrrole nitrogens is 1.